The maximum absolute atomic E-state index is 13.2. The first-order chi connectivity index (χ1) is 18.0. The third kappa shape index (κ3) is 7.15. The predicted octanol–water partition coefficient (Wildman–Crippen LogP) is 0.140. The van der Waals surface area contributed by atoms with Gasteiger partial charge in [-0.1, -0.05) is 50.2 Å². The molecule has 1 aliphatic heterocycles. The molecule has 38 heavy (non-hydrogen) atoms. The molecule has 1 aliphatic rings. The molecule has 5 atom stereocenters. The number of nitrogens with two attached hydrogens (primary N) is 1. The molecule has 2 amide bonds. The SMILES string of the molecule is CC(C)C[C@H](NC(=O)[C@@H](NC(=O)c1cccc(-c2ccccc2)n1)[C@@H](C)O)B1OC(=O)[C@@H]([C@@H](N)C(=O)O)O1. The molecule has 2 heterocycles. The summed E-state index contributed by atoms with van der Waals surface area (Å²) >= 11 is 0. The van der Waals surface area contributed by atoms with Crippen molar-refractivity contribution < 1.29 is 38.7 Å². The van der Waals surface area contributed by atoms with Crippen molar-refractivity contribution >= 4 is 30.9 Å². The van der Waals surface area contributed by atoms with E-state index >= 15 is 0 Å². The monoisotopic (exact) mass is 526 g/mol. The number of aromatic nitrogens is 1. The van der Waals surface area contributed by atoms with Crippen molar-refractivity contribution in [2.24, 2.45) is 11.7 Å². The molecule has 0 aliphatic carbocycles. The van der Waals surface area contributed by atoms with Crippen molar-refractivity contribution in [2.45, 2.75) is 57.4 Å². The van der Waals surface area contributed by atoms with Crippen LogP contribution in [0.1, 0.15) is 37.7 Å². The molecular formula is C25H31BN4O8. The molecule has 6 N–H and O–H groups in total. The second kappa shape index (κ2) is 12.6. The highest BCUT2D eigenvalue weighted by atomic mass is 16.7. The van der Waals surface area contributed by atoms with Crippen molar-refractivity contribution in [1.82, 2.24) is 15.6 Å². The molecule has 13 heteroatoms. The molecule has 1 aromatic heterocycles. The number of benzene rings is 1. The summed E-state index contributed by atoms with van der Waals surface area (Å²) < 4.78 is 10.6. The summed E-state index contributed by atoms with van der Waals surface area (Å²) in [4.78, 5) is 53.9. The molecule has 202 valence electrons. The summed E-state index contributed by atoms with van der Waals surface area (Å²) in [6, 6.07) is 11.1. The Kier molecular flexibility index (Phi) is 9.56. The number of amides is 2. The van der Waals surface area contributed by atoms with Crippen LogP contribution in [0.15, 0.2) is 48.5 Å². The number of carboxylic acids is 1. The van der Waals surface area contributed by atoms with E-state index in [0.29, 0.717) is 5.69 Å². The summed E-state index contributed by atoms with van der Waals surface area (Å²) in [5.41, 5.74) is 6.93. The van der Waals surface area contributed by atoms with Crippen molar-refractivity contribution in [3.8, 4) is 11.3 Å². The van der Waals surface area contributed by atoms with Gasteiger partial charge in [0, 0.05) is 5.56 Å². The summed E-state index contributed by atoms with van der Waals surface area (Å²) in [6.45, 7) is 5.05. The number of hydrogen-bond donors (Lipinski definition) is 5. The van der Waals surface area contributed by atoms with Gasteiger partial charge < -0.3 is 35.9 Å². The van der Waals surface area contributed by atoms with Crippen LogP contribution in [-0.2, 0) is 23.7 Å². The van der Waals surface area contributed by atoms with Crippen molar-refractivity contribution in [2.75, 3.05) is 0 Å². The highest BCUT2D eigenvalue weighted by Crippen LogP contribution is 2.20. The molecule has 0 saturated carbocycles. The zero-order chi connectivity index (χ0) is 28.0. The van der Waals surface area contributed by atoms with Gasteiger partial charge in [-0.25, -0.2) is 4.98 Å². The second-order valence-electron chi connectivity index (χ2n) is 9.44. The lowest BCUT2D eigenvalue weighted by atomic mass is 9.74. The van der Waals surface area contributed by atoms with Gasteiger partial charge in [0.15, 0.2) is 6.10 Å². The number of nitrogens with zero attached hydrogens (tertiary/aromatic N) is 1. The van der Waals surface area contributed by atoms with E-state index in [4.69, 9.17) is 20.1 Å². The number of carbonyl (C=O) groups is 4. The number of aliphatic carboxylic acids is 1. The highest BCUT2D eigenvalue weighted by Gasteiger charge is 2.50. The summed E-state index contributed by atoms with van der Waals surface area (Å²) in [5.74, 6) is -4.75. The Morgan fingerprint density at radius 3 is 2.37 bits per heavy atom. The van der Waals surface area contributed by atoms with E-state index in [1.165, 1.54) is 13.0 Å². The number of aliphatic hydroxyl groups excluding tert-OH is 1. The van der Waals surface area contributed by atoms with Crippen LogP contribution < -0.4 is 16.4 Å². The second-order valence-corrected chi connectivity index (χ2v) is 9.44. The van der Waals surface area contributed by atoms with E-state index in [2.05, 4.69) is 15.6 Å². The fraction of sp³-hybridized carbons (Fsp3) is 0.400. The minimum atomic E-state index is -1.65. The highest BCUT2D eigenvalue weighted by molar-refractivity contribution is 6.51. The molecule has 0 radical (unpaired) electrons. The number of pyridine rings is 1. The molecule has 2 aromatic rings. The molecule has 1 aromatic carbocycles. The lowest BCUT2D eigenvalue weighted by Crippen LogP contribution is -2.58. The van der Waals surface area contributed by atoms with Gasteiger partial charge in [0.05, 0.1) is 17.7 Å². The first kappa shape index (κ1) is 28.8. The van der Waals surface area contributed by atoms with Crippen molar-refractivity contribution in [3.05, 3.63) is 54.2 Å². The van der Waals surface area contributed by atoms with E-state index in [0.717, 1.165) is 5.56 Å². The maximum atomic E-state index is 13.2. The van der Waals surface area contributed by atoms with Crippen LogP contribution in [0.25, 0.3) is 11.3 Å². The fourth-order valence-electron chi connectivity index (χ4n) is 3.92. The van der Waals surface area contributed by atoms with Gasteiger partial charge in [0.25, 0.3) is 5.91 Å². The molecule has 1 saturated heterocycles. The van der Waals surface area contributed by atoms with Gasteiger partial charge in [0.1, 0.15) is 17.8 Å². The largest absolute Gasteiger partial charge is 0.552 e. The number of hydrogen-bond acceptors (Lipinski definition) is 9. The number of carbonyl (C=O) groups excluding carboxylic acids is 3. The quantitative estimate of drug-likeness (QED) is 0.252. The van der Waals surface area contributed by atoms with Crippen molar-refractivity contribution in [3.63, 3.8) is 0 Å². The predicted molar refractivity (Wildman–Crippen MR) is 136 cm³/mol. The fourth-order valence-corrected chi connectivity index (χ4v) is 3.92. The van der Waals surface area contributed by atoms with Gasteiger partial charge in [0.2, 0.25) is 5.91 Å². The number of aliphatic hydroxyl groups is 1. The minimum Gasteiger partial charge on any atom is -0.506 e. The topological polar surface area (TPSA) is 190 Å². The summed E-state index contributed by atoms with van der Waals surface area (Å²) in [7, 11) is -1.31. The third-order valence-corrected chi connectivity index (χ3v) is 5.84. The summed E-state index contributed by atoms with van der Waals surface area (Å²) in [5, 5.41) is 24.6. The van der Waals surface area contributed by atoms with Crippen LogP contribution in [-0.4, -0.2) is 76.3 Å². The van der Waals surface area contributed by atoms with E-state index < -0.39 is 61.1 Å². The van der Waals surface area contributed by atoms with Crippen LogP contribution in [0.5, 0.6) is 0 Å². The zero-order valence-electron chi connectivity index (χ0n) is 21.2. The first-order valence-corrected chi connectivity index (χ1v) is 12.1. The Morgan fingerprint density at radius 1 is 1.08 bits per heavy atom. The maximum Gasteiger partial charge on any atom is 0.552 e. The van der Waals surface area contributed by atoms with Crippen LogP contribution >= 0.6 is 0 Å². The average Bonchev–Trinajstić information content (AvgIpc) is 3.27. The van der Waals surface area contributed by atoms with Crippen LogP contribution in [0.2, 0.25) is 0 Å². The number of nitrogens with one attached hydrogen (secondary N) is 2. The third-order valence-electron chi connectivity index (χ3n) is 5.84. The lowest BCUT2D eigenvalue weighted by Gasteiger charge is -2.26. The standard InChI is InChI=1S/C25H31BN4O8/c1-13(2)12-18(26-37-21(25(36)38-26)19(27)24(34)35)29-23(33)20(14(3)31)30-22(32)17-11-7-10-16(28-17)15-8-5-4-6-9-15/h4-11,13-14,18-21,31H,12,27H2,1-3H3,(H,29,33)(H,30,32)(H,34,35)/t14-,18+,19-,20+,21-/m1/s1. The van der Waals surface area contributed by atoms with E-state index in [-0.39, 0.29) is 18.0 Å². The number of carboxylic acid groups (broad SMARTS) is 1. The first-order valence-electron chi connectivity index (χ1n) is 12.1. The summed E-state index contributed by atoms with van der Waals surface area (Å²) in [6.07, 6.45) is -2.56. The van der Waals surface area contributed by atoms with E-state index in [9.17, 15) is 24.3 Å². The molecule has 12 nitrogen and oxygen atoms in total. The minimum absolute atomic E-state index is 0.000633. The Labute approximate surface area is 220 Å². The van der Waals surface area contributed by atoms with Gasteiger partial charge in [-0.05, 0) is 31.4 Å². The van der Waals surface area contributed by atoms with Crippen LogP contribution in [0.4, 0.5) is 0 Å². The van der Waals surface area contributed by atoms with Gasteiger partial charge in [-0.15, -0.1) is 0 Å². The van der Waals surface area contributed by atoms with E-state index in [1.807, 2.05) is 44.2 Å². The normalized spacial score (nSPS) is 18.3. The van der Waals surface area contributed by atoms with Crippen LogP contribution in [0, 0.1) is 5.92 Å². The molecule has 0 unspecified atom stereocenters. The molecule has 0 spiro atoms. The molecule has 3 rings (SSSR count). The Morgan fingerprint density at radius 2 is 1.76 bits per heavy atom. The average molecular weight is 526 g/mol. The molecular weight excluding hydrogens is 495 g/mol. The molecule has 1 fully saturated rings. The molecule has 0 bridgehead atoms. The zero-order valence-corrected chi connectivity index (χ0v) is 21.2. The Hall–Kier alpha value is -3.81. The van der Waals surface area contributed by atoms with E-state index in [1.54, 1.807) is 12.1 Å². The Bertz CT molecular complexity index is 1160. The van der Waals surface area contributed by atoms with Crippen LogP contribution in [0.3, 0.4) is 0 Å². The van der Waals surface area contributed by atoms with Crippen molar-refractivity contribution in [1.29, 1.82) is 0 Å². The van der Waals surface area contributed by atoms with Gasteiger partial charge in [-0.3, -0.25) is 19.2 Å². The number of rotatable bonds is 11. The van der Waals surface area contributed by atoms with Gasteiger partial charge in [-0.2, -0.15) is 0 Å². The Balaban J connectivity index is 1.74. The lowest BCUT2D eigenvalue weighted by molar-refractivity contribution is -0.146. The van der Waals surface area contributed by atoms with Gasteiger partial charge >= 0.3 is 19.1 Å². The smallest absolute Gasteiger partial charge is 0.506 e.